The number of aromatic hydroxyl groups is 1. The summed E-state index contributed by atoms with van der Waals surface area (Å²) < 4.78 is 5.67. The maximum Gasteiger partial charge on any atom is 0.121 e. The van der Waals surface area contributed by atoms with Crippen LogP contribution in [0.5, 0.6) is 5.75 Å². The van der Waals surface area contributed by atoms with E-state index in [2.05, 4.69) is 19.2 Å². The van der Waals surface area contributed by atoms with Crippen molar-refractivity contribution in [1.29, 1.82) is 0 Å². The Morgan fingerprint density at radius 1 is 1.00 bits per heavy atom. The highest BCUT2D eigenvalue weighted by Gasteiger charge is 2.09. The van der Waals surface area contributed by atoms with Crippen LogP contribution in [0.4, 0.5) is 0 Å². The van der Waals surface area contributed by atoms with Gasteiger partial charge in [-0.3, -0.25) is 0 Å². The number of aliphatic hydroxyl groups excluding tert-OH is 2. The minimum Gasteiger partial charge on any atom is -0.508 e. The van der Waals surface area contributed by atoms with Gasteiger partial charge in [-0.15, -0.1) is 0 Å². The molecule has 0 bridgehead atoms. The summed E-state index contributed by atoms with van der Waals surface area (Å²) in [7, 11) is 0. The maximum absolute atomic E-state index is 10.2. The molecule has 27 heavy (non-hydrogen) atoms. The summed E-state index contributed by atoms with van der Waals surface area (Å²) in [5.41, 5.74) is 1.14. The fourth-order valence-corrected chi connectivity index (χ4v) is 2.96. The van der Waals surface area contributed by atoms with E-state index in [1.54, 1.807) is 12.1 Å². The average molecular weight is 382 g/mol. The normalized spacial score (nSPS) is 12.6. The third-order valence-electron chi connectivity index (χ3n) is 4.71. The molecule has 0 aliphatic carbocycles. The summed E-state index contributed by atoms with van der Waals surface area (Å²) in [4.78, 5) is 0. The Bertz CT molecular complexity index is 493. The molecule has 156 valence electrons. The van der Waals surface area contributed by atoms with Crippen molar-refractivity contribution >= 4 is 0 Å². The zero-order valence-corrected chi connectivity index (χ0v) is 17.1. The second kappa shape index (κ2) is 14.9. The van der Waals surface area contributed by atoms with E-state index in [1.165, 1.54) is 31.7 Å². The highest BCUT2D eigenvalue weighted by atomic mass is 16.5. The van der Waals surface area contributed by atoms with E-state index in [9.17, 15) is 10.2 Å². The third kappa shape index (κ3) is 11.3. The summed E-state index contributed by atoms with van der Waals surface area (Å²) in [6.07, 6.45) is 7.62. The van der Waals surface area contributed by atoms with E-state index in [0.29, 0.717) is 17.7 Å². The molecule has 1 rings (SSSR count). The van der Waals surface area contributed by atoms with Crippen molar-refractivity contribution in [1.82, 2.24) is 5.32 Å². The summed E-state index contributed by atoms with van der Waals surface area (Å²) in [5, 5.41) is 32.2. The van der Waals surface area contributed by atoms with Gasteiger partial charge in [0, 0.05) is 25.3 Å². The molecule has 0 heterocycles. The molecule has 1 atom stereocenters. The first-order valence-corrected chi connectivity index (χ1v) is 10.4. The Morgan fingerprint density at radius 2 is 1.70 bits per heavy atom. The number of phenols is 1. The van der Waals surface area contributed by atoms with Gasteiger partial charge in [-0.25, -0.2) is 0 Å². The zero-order valence-electron chi connectivity index (χ0n) is 17.1. The van der Waals surface area contributed by atoms with Gasteiger partial charge in [-0.1, -0.05) is 45.6 Å². The van der Waals surface area contributed by atoms with E-state index in [1.807, 2.05) is 0 Å². The molecule has 0 aliphatic rings. The van der Waals surface area contributed by atoms with Crippen LogP contribution in [0.15, 0.2) is 18.2 Å². The van der Waals surface area contributed by atoms with Gasteiger partial charge in [0.25, 0.3) is 0 Å². The number of aliphatic hydroxyl groups is 2. The number of benzene rings is 1. The number of rotatable bonds is 16. The van der Waals surface area contributed by atoms with Crippen LogP contribution in [0.2, 0.25) is 0 Å². The standard InChI is InChI=1S/C22H39NO4/c1-18(2)9-5-8-14-27-13-7-4-3-6-12-23-16-22(26)19-10-11-21(25)20(15-19)17-24/h10-11,15,18,22-26H,3-9,12-14,16-17H2,1-2H3. The van der Waals surface area contributed by atoms with Crippen molar-refractivity contribution in [2.75, 3.05) is 26.3 Å². The van der Waals surface area contributed by atoms with Crippen molar-refractivity contribution in [2.45, 2.75) is 71.5 Å². The van der Waals surface area contributed by atoms with Crippen LogP contribution in [0.3, 0.4) is 0 Å². The fraction of sp³-hybridized carbons (Fsp3) is 0.727. The van der Waals surface area contributed by atoms with E-state index in [4.69, 9.17) is 9.84 Å². The highest BCUT2D eigenvalue weighted by Crippen LogP contribution is 2.22. The Labute approximate surface area is 164 Å². The van der Waals surface area contributed by atoms with Crippen molar-refractivity contribution in [3.05, 3.63) is 29.3 Å². The summed E-state index contributed by atoms with van der Waals surface area (Å²) in [6, 6.07) is 4.84. The van der Waals surface area contributed by atoms with E-state index >= 15 is 0 Å². The third-order valence-corrected chi connectivity index (χ3v) is 4.71. The number of ether oxygens (including phenoxy) is 1. The van der Waals surface area contributed by atoms with Crippen LogP contribution in [0.25, 0.3) is 0 Å². The van der Waals surface area contributed by atoms with Gasteiger partial charge in [0.05, 0.1) is 12.7 Å². The van der Waals surface area contributed by atoms with Gasteiger partial charge < -0.3 is 25.4 Å². The molecule has 1 aromatic carbocycles. The molecule has 0 amide bonds. The van der Waals surface area contributed by atoms with Crippen LogP contribution in [-0.2, 0) is 11.3 Å². The van der Waals surface area contributed by atoms with Gasteiger partial charge >= 0.3 is 0 Å². The molecule has 1 aromatic rings. The lowest BCUT2D eigenvalue weighted by Crippen LogP contribution is -2.22. The first-order valence-electron chi connectivity index (χ1n) is 10.4. The second-order valence-electron chi connectivity index (χ2n) is 7.68. The van der Waals surface area contributed by atoms with Crippen LogP contribution in [0.1, 0.15) is 76.0 Å². The first-order chi connectivity index (χ1) is 13.0. The van der Waals surface area contributed by atoms with Gasteiger partial charge in [-0.2, -0.15) is 0 Å². The zero-order chi connectivity index (χ0) is 19.9. The number of hydrogen-bond donors (Lipinski definition) is 4. The minimum atomic E-state index is -0.639. The largest absolute Gasteiger partial charge is 0.508 e. The molecule has 0 aromatic heterocycles. The number of hydrogen-bond acceptors (Lipinski definition) is 5. The second-order valence-corrected chi connectivity index (χ2v) is 7.68. The lowest BCUT2D eigenvalue weighted by molar-refractivity contribution is 0.125. The quantitative estimate of drug-likeness (QED) is 0.326. The predicted molar refractivity (Wildman–Crippen MR) is 110 cm³/mol. The van der Waals surface area contributed by atoms with Crippen LogP contribution < -0.4 is 5.32 Å². The maximum atomic E-state index is 10.2. The van der Waals surface area contributed by atoms with Crippen molar-refractivity contribution in [3.63, 3.8) is 0 Å². The molecule has 0 fully saturated rings. The molecule has 0 aliphatic heterocycles. The summed E-state index contributed by atoms with van der Waals surface area (Å²) >= 11 is 0. The van der Waals surface area contributed by atoms with E-state index < -0.39 is 6.10 Å². The lowest BCUT2D eigenvalue weighted by Gasteiger charge is -2.14. The molecule has 1 unspecified atom stereocenters. The fourth-order valence-electron chi connectivity index (χ4n) is 2.96. The molecule has 0 spiro atoms. The van der Waals surface area contributed by atoms with Crippen molar-refractivity contribution in [2.24, 2.45) is 5.92 Å². The smallest absolute Gasteiger partial charge is 0.121 e. The van der Waals surface area contributed by atoms with Crippen LogP contribution >= 0.6 is 0 Å². The number of nitrogens with one attached hydrogen (secondary N) is 1. The molecule has 0 radical (unpaired) electrons. The molecular weight excluding hydrogens is 342 g/mol. The Balaban J connectivity index is 1.95. The monoisotopic (exact) mass is 381 g/mol. The lowest BCUT2D eigenvalue weighted by atomic mass is 10.1. The van der Waals surface area contributed by atoms with Gasteiger partial charge in [-0.05, 0) is 49.4 Å². The molecule has 5 nitrogen and oxygen atoms in total. The molecule has 4 N–H and O–H groups in total. The van der Waals surface area contributed by atoms with Crippen molar-refractivity contribution in [3.8, 4) is 5.75 Å². The summed E-state index contributed by atoms with van der Waals surface area (Å²) in [6.45, 7) is 7.38. The Morgan fingerprint density at radius 3 is 2.41 bits per heavy atom. The van der Waals surface area contributed by atoms with Gasteiger partial charge in [0.2, 0.25) is 0 Å². The van der Waals surface area contributed by atoms with E-state index in [0.717, 1.165) is 44.9 Å². The van der Waals surface area contributed by atoms with E-state index in [-0.39, 0.29) is 12.4 Å². The SMILES string of the molecule is CC(C)CCCCOCCCCCCNCC(O)c1ccc(O)c(CO)c1. The molecule has 5 heteroatoms. The van der Waals surface area contributed by atoms with Crippen molar-refractivity contribution < 1.29 is 20.1 Å². The predicted octanol–water partition coefficient (Wildman–Crippen LogP) is 3.91. The Hall–Kier alpha value is -1.14. The highest BCUT2D eigenvalue weighted by molar-refractivity contribution is 5.36. The van der Waals surface area contributed by atoms with Gasteiger partial charge in [0.1, 0.15) is 5.75 Å². The topological polar surface area (TPSA) is 82.0 Å². The first kappa shape index (κ1) is 23.9. The number of unbranched alkanes of at least 4 members (excludes halogenated alkanes) is 4. The Kier molecular flexibility index (Phi) is 13.2. The molecule has 0 saturated carbocycles. The minimum absolute atomic E-state index is 0.0564. The van der Waals surface area contributed by atoms with Crippen LogP contribution in [-0.4, -0.2) is 41.6 Å². The molecular formula is C22H39NO4. The van der Waals surface area contributed by atoms with Crippen LogP contribution in [0, 0.1) is 5.92 Å². The molecule has 0 saturated heterocycles. The average Bonchev–Trinajstić information content (AvgIpc) is 2.65. The summed E-state index contributed by atoms with van der Waals surface area (Å²) in [5.74, 6) is 0.847. The van der Waals surface area contributed by atoms with Gasteiger partial charge in [0.15, 0.2) is 0 Å².